The Kier molecular flexibility index (Phi) is 5.06. The number of para-hydroxylation sites is 2. The first-order valence-corrected chi connectivity index (χ1v) is 11.1. The number of ether oxygens (including phenoxy) is 2. The van der Waals surface area contributed by atoms with Crippen molar-refractivity contribution in [2.75, 3.05) is 31.2 Å². The van der Waals surface area contributed by atoms with Crippen LogP contribution in [0.25, 0.3) is 0 Å². The van der Waals surface area contributed by atoms with Gasteiger partial charge in [0, 0.05) is 31.8 Å². The minimum Gasteiger partial charge on any atom is -0.482 e. The maximum Gasteiger partial charge on any atom is 0.265 e. The number of amides is 1. The number of hydrogen-bond donors (Lipinski definition) is 0. The summed E-state index contributed by atoms with van der Waals surface area (Å²) in [6, 6.07) is 9.21. The molecule has 0 N–H and O–H groups in total. The molecule has 1 aliphatic carbocycles. The summed E-state index contributed by atoms with van der Waals surface area (Å²) < 4.78 is 11.8. The lowest BCUT2D eigenvalue weighted by Gasteiger charge is -2.41. The molecule has 1 aromatic carbocycles. The molecule has 4 atom stereocenters. The van der Waals surface area contributed by atoms with Crippen molar-refractivity contribution in [1.29, 1.82) is 0 Å². The molecule has 5 rings (SSSR count). The highest BCUT2D eigenvalue weighted by molar-refractivity contribution is 5.97. The minimum atomic E-state index is 0.0701. The lowest BCUT2D eigenvalue weighted by atomic mass is 9.97. The second-order valence-corrected chi connectivity index (χ2v) is 9.32. The Morgan fingerprint density at radius 1 is 1.11 bits per heavy atom. The predicted octanol–water partition coefficient (Wildman–Crippen LogP) is 3.47. The molecule has 1 amide bonds. The number of carbonyl (C=O) groups excluding carboxylic acids is 1. The van der Waals surface area contributed by atoms with E-state index in [1.54, 1.807) is 0 Å². The second-order valence-electron chi connectivity index (χ2n) is 9.32. The second kappa shape index (κ2) is 7.68. The first-order valence-electron chi connectivity index (χ1n) is 11.1. The fourth-order valence-electron chi connectivity index (χ4n) is 5.30. The first kappa shape index (κ1) is 18.4. The van der Waals surface area contributed by atoms with Crippen LogP contribution in [-0.2, 0) is 9.53 Å². The van der Waals surface area contributed by atoms with Gasteiger partial charge >= 0.3 is 0 Å². The normalized spacial score (nSPS) is 30.8. The van der Waals surface area contributed by atoms with Crippen LogP contribution in [0.2, 0.25) is 0 Å². The van der Waals surface area contributed by atoms with E-state index >= 15 is 0 Å². The van der Waals surface area contributed by atoms with Gasteiger partial charge < -0.3 is 14.4 Å². The summed E-state index contributed by atoms with van der Waals surface area (Å²) >= 11 is 0. The molecule has 0 aromatic heterocycles. The molecule has 3 heterocycles. The first-order chi connectivity index (χ1) is 13.7. The molecular formula is C23H32N2O3. The number of piperidine rings is 1. The Hall–Kier alpha value is -1.59. The maximum atomic E-state index is 12.5. The van der Waals surface area contributed by atoms with E-state index < -0.39 is 0 Å². The molecule has 28 heavy (non-hydrogen) atoms. The standard InChI is InChI=1S/C23H32N2O3/c1-16(13-25-21-4-2-3-5-22(21)28-15-23(25)26)12-24-18-8-9-19(24)11-20(10-18)27-14-17-6-7-17/h2-5,16-20H,6-15H2,1H3/t16?,18-,19?,20-/m1/s1. The number of rotatable bonds is 7. The van der Waals surface area contributed by atoms with Gasteiger partial charge in [-0.3, -0.25) is 9.69 Å². The lowest BCUT2D eigenvalue weighted by Crippen LogP contribution is -2.49. The molecule has 152 valence electrons. The Morgan fingerprint density at radius 3 is 2.61 bits per heavy atom. The number of hydrogen-bond acceptors (Lipinski definition) is 4. The number of nitrogens with zero attached hydrogens (tertiary/aromatic N) is 2. The molecule has 4 aliphatic rings. The third kappa shape index (κ3) is 3.79. The van der Waals surface area contributed by atoms with Gasteiger partial charge in [-0.25, -0.2) is 0 Å². The zero-order valence-corrected chi connectivity index (χ0v) is 16.9. The van der Waals surface area contributed by atoms with Gasteiger partial charge in [0.2, 0.25) is 0 Å². The van der Waals surface area contributed by atoms with Crippen LogP contribution in [0, 0.1) is 11.8 Å². The zero-order chi connectivity index (χ0) is 19.1. The Morgan fingerprint density at radius 2 is 1.86 bits per heavy atom. The van der Waals surface area contributed by atoms with E-state index in [1.807, 2.05) is 29.2 Å². The molecule has 0 spiro atoms. The van der Waals surface area contributed by atoms with Crippen LogP contribution in [0.1, 0.15) is 45.4 Å². The van der Waals surface area contributed by atoms with E-state index in [2.05, 4.69) is 11.8 Å². The van der Waals surface area contributed by atoms with Crippen molar-refractivity contribution in [1.82, 2.24) is 4.90 Å². The van der Waals surface area contributed by atoms with Gasteiger partial charge in [-0.2, -0.15) is 0 Å². The van der Waals surface area contributed by atoms with Crippen LogP contribution in [-0.4, -0.2) is 55.3 Å². The van der Waals surface area contributed by atoms with Gasteiger partial charge in [-0.05, 0) is 62.5 Å². The van der Waals surface area contributed by atoms with Crippen molar-refractivity contribution in [2.45, 2.75) is 63.6 Å². The van der Waals surface area contributed by atoms with Crippen LogP contribution in [0.5, 0.6) is 5.75 Å². The van der Waals surface area contributed by atoms with Crippen molar-refractivity contribution < 1.29 is 14.3 Å². The van der Waals surface area contributed by atoms with Crippen molar-refractivity contribution in [3.63, 3.8) is 0 Å². The Labute approximate surface area is 168 Å². The summed E-state index contributed by atoms with van der Waals surface area (Å²) in [7, 11) is 0. The minimum absolute atomic E-state index is 0.0701. The van der Waals surface area contributed by atoms with E-state index in [9.17, 15) is 4.79 Å². The maximum absolute atomic E-state index is 12.5. The van der Waals surface area contributed by atoms with Gasteiger partial charge in [-0.1, -0.05) is 19.1 Å². The highest BCUT2D eigenvalue weighted by atomic mass is 16.5. The largest absolute Gasteiger partial charge is 0.482 e. The zero-order valence-electron chi connectivity index (χ0n) is 16.9. The number of anilines is 1. The number of fused-ring (bicyclic) bond motifs is 3. The van der Waals surface area contributed by atoms with Gasteiger partial charge in [0.15, 0.2) is 6.61 Å². The summed E-state index contributed by atoms with van der Waals surface area (Å²) in [6.45, 7) is 5.24. The molecule has 5 heteroatoms. The van der Waals surface area contributed by atoms with Gasteiger partial charge in [0.05, 0.1) is 11.8 Å². The molecule has 0 radical (unpaired) electrons. The SMILES string of the molecule is CC(CN1C(=O)COc2ccccc21)CN1C2CC[C@@H]1C[C@@H](OCC1CC1)C2. The predicted molar refractivity (Wildman–Crippen MR) is 109 cm³/mol. The third-order valence-corrected chi connectivity index (χ3v) is 6.93. The van der Waals surface area contributed by atoms with Crippen LogP contribution in [0.15, 0.2) is 24.3 Å². The summed E-state index contributed by atoms with van der Waals surface area (Å²) in [5.74, 6) is 2.18. The molecule has 1 aromatic rings. The summed E-state index contributed by atoms with van der Waals surface area (Å²) in [4.78, 5) is 17.1. The molecule has 3 fully saturated rings. The van der Waals surface area contributed by atoms with E-state index in [4.69, 9.17) is 9.47 Å². The van der Waals surface area contributed by atoms with Crippen molar-refractivity contribution >= 4 is 11.6 Å². The van der Waals surface area contributed by atoms with E-state index in [-0.39, 0.29) is 12.5 Å². The summed E-state index contributed by atoms with van der Waals surface area (Å²) in [5.41, 5.74) is 0.917. The van der Waals surface area contributed by atoms with Crippen molar-refractivity contribution in [3.8, 4) is 5.75 Å². The molecule has 1 saturated carbocycles. The lowest BCUT2D eigenvalue weighted by molar-refractivity contribution is -0.121. The summed E-state index contributed by atoms with van der Waals surface area (Å²) in [5, 5.41) is 0. The van der Waals surface area contributed by atoms with E-state index in [0.717, 1.165) is 37.1 Å². The topological polar surface area (TPSA) is 42.0 Å². The van der Waals surface area contributed by atoms with Crippen molar-refractivity contribution in [3.05, 3.63) is 24.3 Å². The highest BCUT2D eigenvalue weighted by Crippen LogP contribution is 2.39. The third-order valence-electron chi connectivity index (χ3n) is 6.93. The van der Waals surface area contributed by atoms with Crippen LogP contribution < -0.4 is 9.64 Å². The van der Waals surface area contributed by atoms with Gasteiger partial charge in [-0.15, -0.1) is 0 Å². The average Bonchev–Trinajstić information content (AvgIpc) is 3.49. The molecular weight excluding hydrogens is 352 g/mol. The molecule has 2 saturated heterocycles. The monoisotopic (exact) mass is 384 g/mol. The van der Waals surface area contributed by atoms with Gasteiger partial charge in [0.1, 0.15) is 5.75 Å². The Balaban J connectivity index is 1.18. The molecule has 2 bridgehead atoms. The average molecular weight is 385 g/mol. The number of benzene rings is 1. The molecule has 2 unspecified atom stereocenters. The van der Waals surface area contributed by atoms with Crippen LogP contribution >= 0.6 is 0 Å². The van der Waals surface area contributed by atoms with Crippen LogP contribution in [0.4, 0.5) is 5.69 Å². The van der Waals surface area contributed by atoms with E-state index in [1.165, 1.54) is 38.5 Å². The Bertz CT molecular complexity index is 706. The fraction of sp³-hybridized carbons (Fsp3) is 0.696. The smallest absolute Gasteiger partial charge is 0.265 e. The molecule has 5 nitrogen and oxygen atoms in total. The highest BCUT2D eigenvalue weighted by Gasteiger charge is 2.42. The van der Waals surface area contributed by atoms with Crippen molar-refractivity contribution in [2.24, 2.45) is 11.8 Å². The van der Waals surface area contributed by atoms with Crippen LogP contribution in [0.3, 0.4) is 0 Å². The van der Waals surface area contributed by atoms with E-state index in [0.29, 0.717) is 24.1 Å². The number of carbonyl (C=O) groups is 1. The molecule has 3 aliphatic heterocycles. The van der Waals surface area contributed by atoms with Gasteiger partial charge in [0.25, 0.3) is 5.91 Å². The summed E-state index contributed by atoms with van der Waals surface area (Å²) in [6.07, 6.45) is 8.20. The fourth-order valence-corrected chi connectivity index (χ4v) is 5.30. The quantitative estimate of drug-likeness (QED) is 0.722.